The third-order valence-electron chi connectivity index (χ3n) is 2.75. The summed E-state index contributed by atoms with van der Waals surface area (Å²) in [4.78, 5) is 4.23. The predicted octanol–water partition coefficient (Wildman–Crippen LogP) is 2.04. The SMILES string of the molecule is COc1cc(C#N)cc(OC(CN)c2ccccn2)c1. The van der Waals surface area contributed by atoms with Crippen molar-refractivity contribution >= 4 is 0 Å². The summed E-state index contributed by atoms with van der Waals surface area (Å²) in [5, 5.41) is 8.99. The zero-order chi connectivity index (χ0) is 14.4. The highest BCUT2D eigenvalue weighted by molar-refractivity contribution is 5.44. The Bertz CT molecular complexity index is 608. The van der Waals surface area contributed by atoms with Crippen LogP contribution in [0.1, 0.15) is 17.4 Å². The number of methoxy groups -OCH3 is 1. The van der Waals surface area contributed by atoms with E-state index in [0.717, 1.165) is 5.69 Å². The smallest absolute Gasteiger partial charge is 0.153 e. The van der Waals surface area contributed by atoms with E-state index in [1.807, 2.05) is 18.2 Å². The molecule has 0 aliphatic heterocycles. The molecule has 0 spiro atoms. The van der Waals surface area contributed by atoms with Crippen LogP contribution >= 0.6 is 0 Å². The quantitative estimate of drug-likeness (QED) is 0.898. The lowest BCUT2D eigenvalue weighted by molar-refractivity contribution is 0.208. The highest BCUT2D eigenvalue weighted by Gasteiger charge is 2.13. The van der Waals surface area contributed by atoms with Gasteiger partial charge in [0.2, 0.25) is 0 Å². The number of nitriles is 1. The van der Waals surface area contributed by atoms with Crippen molar-refractivity contribution in [1.82, 2.24) is 4.98 Å². The van der Waals surface area contributed by atoms with Crippen LogP contribution < -0.4 is 15.2 Å². The second-order valence-corrected chi connectivity index (χ2v) is 4.11. The van der Waals surface area contributed by atoms with Crippen LogP contribution in [0.3, 0.4) is 0 Å². The molecule has 102 valence electrons. The summed E-state index contributed by atoms with van der Waals surface area (Å²) in [7, 11) is 1.54. The Labute approximate surface area is 117 Å². The number of rotatable bonds is 5. The van der Waals surface area contributed by atoms with Crippen LogP contribution in [-0.2, 0) is 0 Å². The molecule has 1 aromatic heterocycles. The van der Waals surface area contributed by atoms with Gasteiger partial charge in [0.05, 0.1) is 24.4 Å². The standard InChI is InChI=1S/C15H15N3O2/c1-19-12-6-11(9-16)7-13(8-12)20-15(10-17)14-4-2-3-5-18-14/h2-8,15H,10,17H2,1H3. The minimum atomic E-state index is -0.366. The van der Waals surface area contributed by atoms with Gasteiger partial charge in [0, 0.05) is 18.8 Å². The van der Waals surface area contributed by atoms with Crippen LogP contribution in [0.5, 0.6) is 11.5 Å². The van der Waals surface area contributed by atoms with Gasteiger partial charge in [-0.3, -0.25) is 4.98 Å². The maximum Gasteiger partial charge on any atom is 0.153 e. The molecule has 0 bridgehead atoms. The summed E-state index contributed by atoms with van der Waals surface area (Å²) in [6.45, 7) is 0.288. The molecule has 5 nitrogen and oxygen atoms in total. The third kappa shape index (κ3) is 3.25. The van der Waals surface area contributed by atoms with Gasteiger partial charge in [0.1, 0.15) is 11.5 Å². The summed E-state index contributed by atoms with van der Waals surface area (Å²) in [5.41, 5.74) is 6.95. The van der Waals surface area contributed by atoms with E-state index in [2.05, 4.69) is 11.1 Å². The zero-order valence-corrected chi connectivity index (χ0v) is 11.1. The van der Waals surface area contributed by atoms with E-state index in [4.69, 9.17) is 20.5 Å². The van der Waals surface area contributed by atoms with E-state index in [-0.39, 0.29) is 12.6 Å². The van der Waals surface area contributed by atoms with E-state index in [1.54, 1.807) is 31.5 Å². The fourth-order valence-electron chi connectivity index (χ4n) is 1.78. The highest BCUT2D eigenvalue weighted by Crippen LogP contribution is 2.26. The molecular weight excluding hydrogens is 254 g/mol. The van der Waals surface area contributed by atoms with E-state index in [1.165, 1.54) is 0 Å². The molecule has 1 atom stereocenters. The van der Waals surface area contributed by atoms with Gasteiger partial charge in [-0.15, -0.1) is 0 Å². The maximum atomic E-state index is 8.99. The van der Waals surface area contributed by atoms with E-state index in [0.29, 0.717) is 17.1 Å². The number of nitrogens with zero attached hydrogens (tertiary/aromatic N) is 2. The first kappa shape index (κ1) is 13.8. The van der Waals surface area contributed by atoms with Gasteiger partial charge in [-0.05, 0) is 24.3 Å². The van der Waals surface area contributed by atoms with Crippen LogP contribution in [0.2, 0.25) is 0 Å². The molecule has 5 heteroatoms. The average molecular weight is 269 g/mol. The van der Waals surface area contributed by atoms with Gasteiger partial charge in [-0.25, -0.2) is 0 Å². The van der Waals surface area contributed by atoms with Gasteiger partial charge in [-0.1, -0.05) is 6.07 Å². The number of hydrogen-bond donors (Lipinski definition) is 1. The first-order valence-electron chi connectivity index (χ1n) is 6.13. The number of ether oxygens (including phenoxy) is 2. The van der Waals surface area contributed by atoms with E-state index in [9.17, 15) is 0 Å². The Morgan fingerprint density at radius 3 is 2.70 bits per heavy atom. The number of pyridine rings is 1. The molecule has 1 aromatic carbocycles. The molecule has 1 heterocycles. The maximum absolute atomic E-state index is 8.99. The lowest BCUT2D eigenvalue weighted by Crippen LogP contribution is -2.19. The molecule has 0 aliphatic rings. The summed E-state index contributed by atoms with van der Waals surface area (Å²) < 4.78 is 11.0. The first-order valence-corrected chi connectivity index (χ1v) is 6.13. The fourth-order valence-corrected chi connectivity index (χ4v) is 1.78. The van der Waals surface area contributed by atoms with Crippen molar-refractivity contribution in [3.63, 3.8) is 0 Å². The van der Waals surface area contributed by atoms with Gasteiger partial charge in [0.15, 0.2) is 6.10 Å². The van der Waals surface area contributed by atoms with Crippen LogP contribution in [0.4, 0.5) is 0 Å². The summed E-state index contributed by atoms with van der Waals surface area (Å²) in [5.74, 6) is 1.10. The predicted molar refractivity (Wildman–Crippen MR) is 74.4 cm³/mol. The Kier molecular flexibility index (Phi) is 4.53. The second-order valence-electron chi connectivity index (χ2n) is 4.11. The molecule has 1 unspecified atom stereocenters. The molecule has 2 rings (SSSR count). The van der Waals surface area contributed by atoms with E-state index >= 15 is 0 Å². The summed E-state index contributed by atoms with van der Waals surface area (Å²) in [6.07, 6.45) is 1.32. The summed E-state index contributed by atoms with van der Waals surface area (Å²) >= 11 is 0. The lowest BCUT2D eigenvalue weighted by Gasteiger charge is -2.17. The van der Waals surface area contributed by atoms with Gasteiger partial charge >= 0.3 is 0 Å². The fraction of sp³-hybridized carbons (Fsp3) is 0.200. The number of aromatic nitrogens is 1. The largest absolute Gasteiger partial charge is 0.497 e. The van der Waals surface area contributed by atoms with Crippen molar-refractivity contribution < 1.29 is 9.47 Å². The van der Waals surface area contributed by atoms with Crippen LogP contribution in [-0.4, -0.2) is 18.6 Å². The Morgan fingerprint density at radius 1 is 1.30 bits per heavy atom. The average Bonchev–Trinajstić information content (AvgIpc) is 2.53. The molecule has 2 aromatic rings. The van der Waals surface area contributed by atoms with Crippen molar-refractivity contribution in [2.45, 2.75) is 6.10 Å². The number of hydrogen-bond acceptors (Lipinski definition) is 5. The van der Waals surface area contributed by atoms with Gasteiger partial charge < -0.3 is 15.2 Å². The van der Waals surface area contributed by atoms with E-state index < -0.39 is 0 Å². The molecular formula is C15H15N3O2. The monoisotopic (exact) mass is 269 g/mol. The van der Waals surface area contributed by atoms with Crippen molar-refractivity contribution in [3.05, 3.63) is 53.9 Å². The molecule has 0 saturated heterocycles. The molecule has 2 N–H and O–H groups in total. The molecule has 0 fully saturated rings. The summed E-state index contributed by atoms with van der Waals surface area (Å²) in [6, 6.07) is 12.6. The van der Waals surface area contributed by atoms with Gasteiger partial charge in [0.25, 0.3) is 0 Å². The third-order valence-corrected chi connectivity index (χ3v) is 2.75. The minimum absolute atomic E-state index is 0.288. The van der Waals surface area contributed by atoms with Crippen molar-refractivity contribution in [1.29, 1.82) is 5.26 Å². The minimum Gasteiger partial charge on any atom is -0.497 e. The van der Waals surface area contributed by atoms with Crippen LogP contribution in [0, 0.1) is 11.3 Å². The van der Waals surface area contributed by atoms with Crippen LogP contribution in [0.25, 0.3) is 0 Å². The Morgan fingerprint density at radius 2 is 2.10 bits per heavy atom. The molecule has 0 amide bonds. The normalized spacial score (nSPS) is 11.4. The molecule has 20 heavy (non-hydrogen) atoms. The second kappa shape index (κ2) is 6.55. The van der Waals surface area contributed by atoms with Crippen molar-refractivity contribution in [2.24, 2.45) is 5.73 Å². The topological polar surface area (TPSA) is 81.2 Å². The van der Waals surface area contributed by atoms with Crippen LogP contribution in [0.15, 0.2) is 42.6 Å². The van der Waals surface area contributed by atoms with Crippen molar-refractivity contribution in [3.8, 4) is 17.6 Å². The molecule has 0 radical (unpaired) electrons. The van der Waals surface area contributed by atoms with Gasteiger partial charge in [-0.2, -0.15) is 5.26 Å². The Hall–Kier alpha value is -2.58. The highest BCUT2D eigenvalue weighted by atomic mass is 16.5. The number of nitrogens with two attached hydrogens (primary N) is 1. The Balaban J connectivity index is 2.26. The number of benzene rings is 1. The lowest BCUT2D eigenvalue weighted by atomic mass is 10.2. The zero-order valence-electron chi connectivity index (χ0n) is 11.1. The van der Waals surface area contributed by atoms with Crippen molar-refractivity contribution in [2.75, 3.05) is 13.7 Å². The molecule has 0 aliphatic carbocycles. The molecule has 0 saturated carbocycles. The first-order chi connectivity index (χ1) is 9.76.